The standard InChI is InChI=1S/C17H17N3O2S/c1-19-8-7-12-15(9-19)23-17-18-16(13(10-21)20(12)17)11-5-3-4-6-14(11)22-2/h3-6,10H,7-9H2,1-2H3. The fourth-order valence-corrected chi connectivity index (χ4v) is 4.43. The maximum atomic E-state index is 11.8. The molecule has 0 amide bonds. The quantitative estimate of drug-likeness (QED) is 0.694. The van der Waals surface area contributed by atoms with Crippen LogP contribution in [0.5, 0.6) is 5.75 Å². The van der Waals surface area contributed by atoms with Crippen molar-refractivity contribution in [3.63, 3.8) is 0 Å². The van der Waals surface area contributed by atoms with Crippen molar-refractivity contribution in [2.45, 2.75) is 13.0 Å². The van der Waals surface area contributed by atoms with Gasteiger partial charge in [0.2, 0.25) is 0 Å². The third-order valence-electron chi connectivity index (χ3n) is 4.31. The number of methoxy groups -OCH3 is 1. The van der Waals surface area contributed by atoms with Crippen molar-refractivity contribution in [3.05, 3.63) is 40.5 Å². The van der Waals surface area contributed by atoms with Gasteiger partial charge in [-0.15, -0.1) is 0 Å². The normalized spacial score (nSPS) is 14.9. The number of hydrogen-bond donors (Lipinski definition) is 0. The number of carbonyl (C=O) groups is 1. The number of aromatic nitrogens is 2. The molecule has 6 heteroatoms. The van der Waals surface area contributed by atoms with Crippen LogP contribution in [-0.4, -0.2) is 41.3 Å². The third kappa shape index (κ3) is 2.17. The molecule has 1 aromatic carbocycles. The number of benzene rings is 1. The van der Waals surface area contributed by atoms with E-state index in [1.165, 1.54) is 10.6 Å². The molecule has 0 unspecified atom stereocenters. The molecule has 4 rings (SSSR count). The highest BCUT2D eigenvalue weighted by Crippen LogP contribution is 2.36. The van der Waals surface area contributed by atoms with Crippen molar-refractivity contribution in [1.29, 1.82) is 0 Å². The molecule has 3 aromatic rings. The summed E-state index contributed by atoms with van der Waals surface area (Å²) in [4.78, 5) is 21.0. The van der Waals surface area contributed by atoms with Crippen molar-refractivity contribution in [3.8, 4) is 17.0 Å². The molecule has 0 saturated heterocycles. The summed E-state index contributed by atoms with van der Waals surface area (Å²) in [5.41, 5.74) is 3.39. The van der Waals surface area contributed by atoms with Crippen LogP contribution in [0.1, 0.15) is 21.1 Å². The van der Waals surface area contributed by atoms with Crippen LogP contribution >= 0.6 is 11.3 Å². The van der Waals surface area contributed by atoms with Gasteiger partial charge >= 0.3 is 0 Å². The first kappa shape index (κ1) is 14.4. The van der Waals surface area contributed by atoms with Crippen LogP contribution in [0.3, 0.4) is 0 Å². The van der Waals surface area contributed by atoms with Gasteiger partial charge in [0.05, 0.1) is 7.11 Å². The number of imidazole rings is 1. The van der Waals surface area contributed by atoms with Gasteiger partial charge in [0, 0.05) is 35.6 Å². The number of rotatable bonds is 3. The summed E-state index contributed by atoms with van der Waals surface area (Å²) in [5.74, 6) is 0.731. The zero-order chi connectivity index (χ0) is 16.0. The van der Waals surface area contributed by atoms with Crippen molar-refractivity contribution in [2.24, 2.45) is 0 Å². The molecule has 1 aliphatic heterocycles. The first-order chi connectivity index (χ1) is 11.2. The van der Waals surface area contributed by atoms with E-state index in [0.29, 0.717) is 11.4 Å². The zero-order valence-corrected chi connectivity index (χ0v) is 13.9. The van der Waals surface area contributed by atoms with Crippen LogP contribution in [0.4, 0.5) is 0 Å². The Morgan fingerprint density at radius 2 is 2.17 bits per heavy atom. The molecule has 1 aliphatic rings. The summed E-state index contributed by atoms with van der Waals surface area (Å²) in [6.07, 6.45) is 1.85. The highest BCUT2D eigenvalue weighted by Gasteiger charge is 2.25. The molecular formula is C17H17N3O2S. The first-order valence-electron chi connectivity index (χ1n) is 7.53. The lowest BCUT2D eigenvalue weighted by atomic mass is 10.1. The van der Waals surface area contributed by atoms with Gasteiger partial charge in [-0.05, 0) is 19.2 Å². The predicted molar refractivity (Wildman–Crippen MR) is 90.5 cm³/mol. The summed E-state index contributed by atoms with van der Waals surface area (Å²) in [5, 5.41) is 0. The van der Waals surface area contributed by atoms with Gasteiger partial charge in [0.15, 0.2) is 11.2 Å². The highest BCUT2D eigenvalue weighted by atomic mass is 32.1. The van der Waals surface area contributed by atoms with E-state index in [4.69, 9.17) is 9.72 Å². The molecule has 3 heterocycles. The fraction of sp³-hybridized carbons (Fsp3) is 0.294. The molecule has 0 aliphatic carbocycles. The maximum Gasteiger partial charge on any atom is 0.195 e. The van der Waals surface area contributed by atoms with Gasteiger partial charge in [0.1, 0.15) is 17.1 Å². The Morgan fingerprint density at radius 3 is 2.96 bits per heavy atom. The molecule has 0 spiro atoms. The molecule has 0 saturated carbocycles. The number of likely N-dealkylation sites (N-methyl/N-ethyl adjacent to an activating group) is 1. The van der Waals surface area contributed by atoms with E-state index in [9.17, 15) is 4.79 Å². The maximum absolute atomic E-state index is 11.8. The molecule has 23 heavy (non-hydrogen) atoms. The number of para-hydroxylation sites is 1. The molecule has 0 radical (unpaired) electrons. The summed E-state index contributed by atoms with van der Waals surface area (Å²) >= 11 is 1.67. The fourth-order valence-electron chi connectivity index (χ4n) is 3.18. The van der Waals surface area contributed by atoms with Crippen LogP contribution < -0.4 is 4.74 Å². The number of carbonyl (C=O) groups excluding carboxylic acids is 1. The van der Waals surface area contributed by atoms with Crippen LogP contribution in [0.15, 0.2) is 24.3 Å². The van der Waals surface area contributed by atoms with Crippen LogP contribution in [0, 0.1) is 0 Å². The monoisotopic (exact) mass is 327 g/mol. The zero-order valence-electron chi connectivity index (χ0n) is 13.1. The minimum Gasteiger partial charge on any atom is -0.496 e. The lowest BCUT2D eigenvalue weighted by Crippen LogP contribution is -2.26. The van der Waals surface area contributed by atoms with E-state index < -0.39 is 0 Å². The van der Waals surface area contributed by atoms with E-state index in [-0.39, 0.29) is 0 Å². The Balaban J connectivity index is 1.96. The van der Waals surface area contributed by atoms with E-state index in [1.807, 2.05) is 28.7 Å². The molecule has 2 aromatic heterocycles. The average Bonchev–Trinajstić information content (AvgIpc) is 3.09. The smallest absolute Gasteiger partial charge is 0.195 e. The van der Waals surface area contributed by atoms with Crippen molar-refractivity contribution >= 4 is 22.6 Å². The lowest BCUT2D eigenvalue weighted by Gasteiger charge is -2.21. The molecule has 0 bridgehead atoms. The van der Waals surface area contributed by atoms with Gasteiger partial charge in [-0.25, -0.2) is 4.98 Å². The van der Waals surface area contributed by atoms with Crippen LogP contribution in [0.2, 0.25) is 0 Å². The Kier molecular flexibility index (Phi) is 3.43. The minimum atomic E-state index is 0.617. The minimum absolute atomic E-state index is 0.617. The second-order valence-corrected chi connectivity index (χ2v) is 6.80. The van der Waals surface area contributed by atoms with E-state index in [0.717, 1.165) is 42.1 Å². The van der Waals surface area contributed by atoms with Gasteiger partial charge in [-0.3, -0.25) is 9.20 Å². The topological polar surface area (TPSA) is 46.8 Å². The van der Waals surface area contributed by atoms with Crippen LogP contribution in [0.25, 0.3) is 16.2 Å². The summed E-state index contributed by atoms with van der Waals surface area (Å²) in [6, 6.07) is 7.68. The molecular weight excluding hydrogens is 310 g/mol. The number of thiazole rings is 1. The van der Waals surface area contributed by atoms with Gasteiger partial charge in [-0.2, -0.15) is 0 Å². The molecule has 0 atom stereocenters. The molecule has 0 fully saturated rings. The molecule has 5 nitrogen and oxygen atoms in total. The Bertz CT molecular complexity index is 897. The highest BCUT2D eigenvalue weighted by molar-refractivity contribution is 7.17. The number of aldehydes is 1. The average molecular weight is 327 g/mol. The second kappa shape index (κ2) is 5.47. The first-order valence-corrected chi connectivity index (χ1v) is 8.34. The predicted octanol–water partition coefficient (Wildman–Crippen LogP) is 2.87. The van der Waals surface area contributed by atoms with Gasteiger partial charge < -0.3 is 9.64 Å². The summed E-state index contributed by atoms with van der Waals surface area (Å²) in [7, 11) is 3.75. The largest absolute Gasteiger partial charge is 0.496 e. The van der Waals surface area contributed by atoms with Crippen molar-refractivity contribution in [2.75, 3.05) is 20.7 Å². The summed E-state index contributed by atoms with van der Waals surface area (Å²) in [6.45, 7) is 1.92. The number of hydrogen-bond acceptors (Lipinski definition) is 5. The molecule has 118 valence electrons. The molecule has 0 N–H and O–H groups in total. The number of ether oxygens (including phenoxy) is 1. The van der Waals surface area contributed by atoms with Gasteiger partial charge in [-0.1, -0.05) is 23.5 Å². The number of nitrogens with zero attached hydrogens (tertiary/aromatic N) is 3. The van der Waals surface area contributed by atoms with Crippen LogP contribution in [-0.2, 0) is 13.0 Å². The van der Waals surface area contributed by atoms with Crippen molar-refractivity contribution < 1.29 is 9.53 Å². The van der Waals surface area contributed by atoms with Crippen molar-refractivity contribution in [1.82, 2.24) is 14.3 Å². The third-order valence-corrected chi connectivity index (χ3v) is 5.37. The Labute approximate surface area is 138 Å². The van der Waals surface area contributed by atoms with E-state index in [2.05, 4.69) is 11.9 Å². The van der Waals surface area contributed by atoms with Gasteiger partial charge in [0.25, 0.3) is 0 Å². The Hall–Kier alpha value is -2.18. The second-order valence-electron chi connectivity index (χ2n) is 5.74. The lowest BCUT2D eigenvalue weighted by molar-refractivity contribution is 0.111. The SMILES string of the molecule is COc1ccccc1-c1nc2sc3c(n2c1C=O)CCN(C)C3. The summed E-state index contributed by atoms with van der Waals surface area (Å²) < 4.78 is 7.46. The van der Waals surface area contributed by atoms with E-state index >= 15 is 0 Å². The number of fused-ring (bicyclic) bond motifs is 3. The Morgan fingerprint density at radius 1 is 1.35 bits per heavy atom. The van der Waals surface area contributed by atoms with E-state index in [1.54, 1.807) is 18.4 Å².